The lowest BCUT2D eigenvalue weighted by atomic mass is 10.3. The van der Waals surface area contributed by atoms with E-state index < -0.39 is 0 Å². The standard InChI is InChI=1S/C6H6N2O.C4H4N2/c1-5(9)6-4-7-2-3-8-6;1-2-6-4-3-5-1/h2-4H,1H3;1-4H. The van der Waals surface area contributed by atoms with Crippen LogP contribution in [0.5, 0.6) is 0 Å². The second-order valence-corrected chi connectivity index (χ2v) is 2.54. The molecule has 0 saturated carbocycles. The van der Waals surface area contributed by atoms with Crippen molar-refractivity contribution in [2.75, 3.05) is 0 Å². The normalized spacial score (nSPS) is 8.60. The van der Waals surface area contributed by atoms with Gasteiger partial charge >= 0.3 is 0 Å². The van der Waals surface area contributed by atoms with Crippen molar-refractivity contribution in [3.05, 3.63) is 49.1 Å². The first kappa shape index (κ1) is 10.9. The maximum absolute atomic E-state index is 10.5. The van der Waals surface area contributed by atoms with E-state index in [1.165, 1.54) is 25.5 Å². The van der Waals surface area contributed by atoms with Crippen LogP contribution in [0.15, 0.2) is 43.4 Å². The SMILES string of the molecule is CC(=O)c1cnccn1.c1cnccn1. The van der Waals surface area contributed by atoms with Crippen LogP contribution >= 0.6 is 0 Å². The van der Waals surface area contributed by atoms with Gasteiger partial charge in [-0.05, 0) is 0 Å². The van der Waals surface area contributed by atoms with Crippen LogP contribution in [0.4, 0.5) is 0 Å². The van der Waals surface area contributed by atoms with Crippen LogP contribution in [0.3, 0.4) is 0 Å². The van der Waals surface area contributed by atoms with E-state index in [0.717, 1.165) is 0 Å². The summed E-state index contributed by atoms with van der Waals surface area (Å²) in [6.45, 7) is 1.46. The Kier molecular flexibility index (Phi) is 4.59. The zero-order chi connectivity index (χ0) is 10.9. The number of carbonyl (C=O) groups is 1. The zero-order valence-corrected chi connectivity index (χ0v) is 8.24. The van der Waals surface area contributed by atoms with E-state index in [2.05, 4.69) is 19.9 Å². The Labute approximate surface area is 87.3 Å². The molecule has 0 fully saturated rings. The minimum absolute atomic E-state index is 0.0527. The third-order valence-corrected chi connectivity index (χ3v) is 1.40. The third-order valence-electron chi connectivity index (χ3n) is 1.40. The quantitative estimate of drug-likeness (QED) is 0.649. The summed E-state index contributed by atoms with van der Waals surface area (Å²) in [4.78, 5) is 25.5. The summed E-state index contributed by atoms with van der Waals surface area (Å²) in [5.74, 6) is -0.0527. The molecule has 15 heavy (non-hydrogen) atoms. The van der Waals surface area contributed by atoms with Gasteiger partial charge in [-0.3, -0.25) is 19.7 Å². The molecular formula is C10H10N4O. The Balaban J connectivity index is 0.000000162. The highest BCUT2D eigenvalue weighted by molar-refractivity contribution is 5.91. The Morgan fingerprint density at radius 3 is 1.73 bits per heavy atom. The van der Waals surface area contributed by atoms with Gasteiger partial charge in [0.15, 0.2) is 5.78 Å². The molecule has 0 radical (unpaired) electrons. The van der Waals surface area contributed by atoms with Crippen molar-refractivity contribution < 1.29 is 4.79 Å². The Bertz CT molecular complexity index is 364. The topological polar surface area (TPSA) is 68.6 Å². The molecule has 2 rings (SSSR count). The molecule has 0 aliphatic heterocycles. The summed E-state index contributed by atoms with van der Waals surface area (Å²) in [5.41, 5.74) is 0.414. The number of aromatic nitrogens is 4. The van der Waals surface area contributed by atoms with Crippen LogP contribution in [0.1, 0.15) is 17.4 Å². The van der Waals surface area contributed by atoms with E-state index in [9.17, 15) is 4.79 Å². The van der Waals surface area contributed by atoms with Gasteiger partial charge in [0.2, 0.25) is 0 Å². The van der Waals surface area contributed by atoms with Gasteiger partial charge in [0, 0.05) is 44.1 Å². The van der Waals surface area contributed by atoms with E-state index >= 15 is 0 Å². The highest BCUT2D eigenvalue weighted by atomic mass is 16.1. The van der Waals surface area contributed by atoms with Crippen molar-refractivity contribution in [2.24, 2.45) is 0 Å². The molecule has 0 aromatic carbocycles. The van der Waals surface area contributed by atoms with Crippen molar-refractivity contribution in [1.29, 1.82) is 0 Å². The fraction of sp³-hybridized carbons (Fsp3) is 0.100. The van der Waals surface area contributed by atoms with Gasteiger partial charge < -0.3 is 0 Å². The minimum atomic E-state index is -0.0527. The first-order chi connectivity index (χ1) is 7.30. The molecule has 0 aliphatic carbocycles. The summed E-state index contributed by atoms with van der Waals surface area (Å²) in [5, 5.41) is 0. The molecule has 0 N–H and O–H groups in total. The van der Waals surface area contributed by atoms with Gasteiger partial charge in [0.05, 0.1) is 6.20 Å². The van der Waals surface area contributed by atoms with Crippen molar-refractivity contribution in [2.45, 2.75) is 6.92 Å². The van der Waals surface area contributed by atoms with Gasteiger partial charge in [-0.2, -0.15) is 0 Å². The van der Waals surface area contributed by atoms with Gasteiger partial charge in [-0.15, -0.1) is 0 Å². The van der Waals surface area contributed by atoms with Crippen LogP contribution in [0.2, 0.25) is 0 Å². The van der Waals surface area contributed by atoms with Crippen LogP contribution in [0.25, 0.3) is 0 Å². The summed E-state index contributed by atoms with van der Waals surface area (Å²) in [6.07, 6.45) is 11.0. The predicted octanol–water partition coefficient (Wildman–Crippen LogP) is 1.16. The molecule has 0 spiro atoms. The Hall–Kier alpha value is -2.17. The molecule has 0 aliphatic rings. The van der Waals surface area contributed by atoms with Crippen molar-refractivity contribution >= 4 is 5.78 Å². The largest absolute Gasteiger partial charge is 0.293 e. The summed E-state index contributed by atoms with van der Waals surface area (Å²) >= 11 is 0. The molecular weight excluding hydrogens is 192 g/mol. The molecule has 0 unspecified atom stereocenters. The average Bonchev–Trinajstić information content (AvgIpc) is 2.33. The van der Waals surface area contributed by atoms with Crippen LogP contribution in [-0.4, -0.2) is 25.7 Å². The Morgan fingerprint density at radius 2 is 1.47 bits per heavy atom. The van der Waals surface area contributed by atoms with Crippen molar-refractivity contribution in [1.82, 2.24) is 19.9 Å². The Morgan fingerprint density at radius 1 is 0.933 bits per heavy atom. The molecule has 2 aromatic rings. The summed E-state index contributed by atoms with van der Waals surface area (Å²) in [6, 6.07) is 0. The molecule has 0 bridgehead atoms. The first-order valence-corrected chi connectivity index (χ1v) is 4.27. The third kappa shape index (κ3) is 4.56. The van der Waals surface area contributed by atoms with E-state index in [1.807, 2.05) is 0 Å². The van der Waals surface area contributed by atoms with Gasteiger partial charge in [0.25, 0.3) is 0 Å². The number of nitrogens with zero attached hydrogens (tertiary/aromatic N) is 4. The molecule has 0 amide bonds. The number of hydrogen-bond acceptors (Lipinski definition) is 5. The van der Waals surface area contributed by atoms with E-state index in [-0.39, 0.29) is 5.78 Å². The molecule has 2 aromatic heterocycles. The number of rotatable bonds is 1. The average molecular weight is 202 g/mol. The van der Waals surface area contributed by atoms with Gasteiger partial charge in [-0.1, -0.05) is 0 Å². The van der Waals surface area contributed by atoms with E-state index in [0.29, 0.717) is 5.69 Å². The number of Topliss-reactive ketones (excluding diaryl/α,β-unsaturated/α-hetero) is 1. The lowest BCUT2D eigenvalue weighted by Gasteiger charge is -1.87. The number of hydrogen-bond donors (Lipinski definition) is 0. The second-order valence-electron chi connectivity index (χ2n) is 2.54. The smallest absolute Gasteiger partial charge is 0.179 e. The molecule has 5 nitrogen and oxygen atoms in total. The zero-order valence-electron chi connectivity index (χ0n) is 8.24. The van der Waals surface area contributed by atoms with Crippen molar-refractivity contribution in [3.8, 4) is 0 Å². The molecule has 2 heterocycles. The predicted molar refractivity (Wildman–Crippen MR) is 54.1 cm³/mol. The van der Waals surface area contributed by atoms with Crippen LogP contribution < -0.4 is 0 Å². The minimum Gasteiger partial charge on any atom is -0.293 e. The highest BCUT2D eigenvalue weighted by Gasteiger charge is 1.96. The summed E-state index contributed by atoms with van der Waals surface area (Å²) < 4.78 is 0. The van der Waals surface area contributed by atoms with Crippen molar-refractivity contribution in [3.63, 3.8) is 0 Å². The van der Waals surface area contributed by atoms with Gasteiger partial charge in [0.1, 0.15) is 5.69 Å². The first-order valence-electron chi connectivity index (χ1n) is 4.27. The molecule has 5 heteroatoms. The number of carbonyl (C=O) groups excluding carboxylic acids is 1. The maximum atomic E-state index is 10.5. The second kappa shape index (κ2) is 6.31. The fourth-order valence-corrected chi connectivity index (χ4v) is 0.734. The fourth-order valence-electron chi connectivity index (χ4n) is 0.734. The van der Waals surface area contributed by atoms with E-state index in [4.69, 9.17) is 0 Å². The summed E-state index contributed by atoms with van der Waals surface area (Å²) in [7, 11) is 0. The van der Waals surface area contributed by atoms with Gasteiger partial charge in [-0.25, -0.2) is 4.98 Å². The number of ketones is 1. The monoisotopic (exact) mass is 202 g/mol. The molecule has 0 saturated heterocycles. The van der Waals surface area contributed by atoms with E-state index in [1.54, 1.807) is 24.8 Å². The lowest BCUT2D eigenvalue weighted by Crippen LogP contribution is -1.95. The lowest BCUT2D eigenvalue weighted by molar-refractivity contribution is 0.101. The molecule has 76 valence electrons. The van der Waals surface area contributed by atoms with Crippen LogP contribution in [-0.2, 0) is 0 Å². The molecule has 0 atom stereocenters. The maximum Gasteiger partial charge on any atom is 0.179 e. The van der Waals surface area contributed by atoms with Crippen LogP contribution in [0, 0.1) is 0 Å². The highest BCUT2D eigenvalue weighted by Crippen LogP contribution is 1.88.